The molecule has 2 unspecified atom stereocenters. The molecule has 0 bridgehead atoms. The van der Waals surface area contributed by atoms with Crippen LogP contribution in [0.1, 0.15) is 30.7 Å². The smallest absolute Gasteiger partial charge is 0.0726 e. The fraction of sp³-hybridized carbons (Fsp3) is 0.571. The number of halogens is 3. The Hall–Kier alpha value is 0.0500. The summed E-state index contributed by atoms with van der Waals surface area (Å²) in [4.78, 5) is 2.43. The predicted octanol–water partition coefficient (Wildman–Crippen LogP) is 5.01. The van der Waals surface area contributed by atoms with Crippen LogP contribution in [0.2, 0.25) is 10.0 Å². The monoisotopic (exact) mass is 305 g/mol. The van der Waals surface area contributed by atoms with Crippen molar-refractivity contribution >= 4 is 34.8 Å². The van der Waals surface area contributed by atoms with Crippen LogP contribution >= 0.6 is 34.8 Å². The second-order valence-electron chi connectivity index (χ2n) is 5.14. The highest BCUT2D eigenvalue weighted by Crippen LogP contribution is 2.31. The minimum Gasteiger partial charge on any atom is -0.301 e. The molecule has 0 N–H and O–H groups in total. The lowest BCUT2D eigenvalue weighted by Gasteiger charge is -2.32. The molecule has 1 nitrogen and oxygen atoms in total. The Morgan fingerprint density at radius 2 is 2.17 bits per heavy atom. The zero-order valence-corrected chi connectivity index (χ0v) is 12.8. The van der Waals surface area contributed by atoms with Gasteiger partial charge in [0.2, 0.25) is 0 Å². The van der Waals surface area contributed by atoms with Gasteiger partial charge in [0.1, 0.15) is 0 Å². The van der Waals surface area contributed by atoms with Crippen molar-refractivity contribution in [2.75, 3.05) is 19.6 Å². The van der Waals surface area contributed by atoms with Crippen LogP contribution in [0, 0.1) is 5.92 Å². The normalized spacial score (nSPS) is 23.0. The molecule has 2 rings (SSSR count). The number of alkyl halides is 1. The summed E-state index contributed by atoms with van der Waals surface area (Å²) < 4.78 is 0. The van der Waals surface area contributed by atoms with Crippen molar-refractivity contribution < 1.29 is 0 Å². The standard InChI is InChI=1S/C14H18Cl3N/c1-10-3-2-6-18(8-10)9-14(17)12-5-4-11(15)7-13(12)16/h4-5,7,10,14H,2-3,6,8-9H2,1H3. The summed E-state index contributed by atoms with van der Waals surface area (Å²) in [7, 11) is 0. The summed E-state index contributed by atoms with van der Waals surface area (Å²) in [5.41, 5.74) is 0.973. The van der Waals surface area contributed by atoms with Crippen molar-refractivity contribution in [3.63, 3.8) is 0 Å². The molecule has 0 spiro atoms. The molecule has 1 aliphatic rings. The maximum atomic E-state index is 6.48. The summed E-state index contributed by atoms with van der Waals surface area (Å²) in [6.45, 7) is 5.42. The van der Waals surface area contributed by atoms with Crippen LogP contribution < -0.4 is 0 Å². The molecule has 1 aliphatic heterocycles. The zero-order valence-electron chi connectivity index (χ0n) is 10.5. The predicted molar refractivity (Wildman–Crippen MR) is 79.9 cm³/mol. The fourth-order valence-corrected chi connectivity index (χ4v) is 3.51. The van der Waals surface area contributed by atoms with Crippen LogP contribution in [0.5, 0.6) is 0 Å². The van der Waals surface area contributed by atoms with Gasteiger partial charge in [-0.3, -0.25) is 0 Å². The van der Waals surface area contributed by atoms with Gasteiger partial charge in [-0.05, 0) is 43.0 Å². The van der Waals surface area contributed by atoms with Crippen molar-refractivity contribution in [3.8, 4) is 0 Å². The van der Waals surface area contributed by atoms with Crippen molar-refractivity contribution in [2.24, 2.45) is 5.92 Å². The molecule has 0 aromatic heterocycles. The molecule has 0 aliphatic carbocycles. The maximum Gasteiger partial charge on any atom is 0.0726 e. The number of rotatable bonds is 3. The number of piperidine rings is 1. The van der Waals surface area contributed by atoms with Gasteiger partial charge in [0.15, 0.2) is 0 Å². The molecular weight excluding hydrogens is 289 g/mol. The van der Waals surface area contributed by atoms with E-state index in [1.165, 1.54) is 12.8 Å². The van der Waals surface area contributed by atoms with Gasteiger partial charge in [-0.1, -0.05) is 36.2 Å². The molecule has 0 amide bonds. The summed E-state index contributed by atoms with van der Waals surface area (Å²) >= 11 is 18.6. The maximum absolute atomic E-state index is 6.48. The fourth-order valence-electron chi connectivity index (χ4n) is 2.53. The SMILES string of the molecule is CC1CCCN(CC(Cl)c2ccc(Cl)cc2Cl)C1. The molecule has 1 aromatic carbocycles. The summed E-state index contributed by atoms with van der Waals surface area (Å²) in [5, 5.41) is 1.24. The van der Waals surface area contributed by atoms with Crippen molar-refractivity contribution in [1.29, 1.82) is 0 Å². The molecule has 2 atom stereocenters. The first-order valence-corrected chi connectivity index (χ1v) is 7.57. The second kappa shape index (κ2) is 6.47. The van der Waals surface area contributed by atoms with Crippen LogP contribution in [-0.2, 0) is 0 Å². The second-order valence-corrected chi connectivity index (χ2v) is 6.51. The third-order valence-electron chi connectivity index (χ3n) is 3.46. The Kier molecular flexibility index (Phi) is 5.20. The van der Waals surface area contributed by atoms with E-state index < -0.39 is 0 Å². The Labute approximate surface area is 124 Å². The van der Waals surface area contributed by atoms with Crippen LogP contribution in [0.4, 0.5) is 0 Å². The Bertz CT molecular complexity index is 408. The van der Waals surface area contributed by atoms with Crippen LogP contribution in [0.15, 0.2) is 18.2 Å². The Morgan fingerprint density at radius 3 is 2.83 bits per heavy atom. The van der Waals surface area contributed by atoms with Crippen molar-refractivity contribution in [1.82, 2.24) is 4.90 Å². The van der Waals surface area contributed by atoms with Gasteiger partial charge in [0, 0.05) is 23.1 Å². The molecular formula is C14H18Cl3N. The highest BCUT2D eigenvalue weighted by Gasteiger charge is 2.20. The van der Waals surface area contributed by atoms with Crippen LogP contribution in [0.25, 0.3) is 0 Å². The van der Waals surface area contributed by atoms with Gasteiger partial charge in [0.25, 0.3) is 0 Å². The average molecular weight is 307 g/mol. The molecule has 1 saturated heterocycles. The van der Waals surface area contributed by atoms with E-state index in [1.54, 1.807) is 6.07 Å². The lowest BCUT2D eigenvalue weighted by molar-refractivity contribution is 0.184. The number of nitrogens with zero attached hydrogens (tertiary/aromatic N) is 1. The first kappa shape index (κ1) is 14.5. The molecule has 1 fully saturated rings. The molecule has 4 heteroatoms. The molecule has 1 aromatic rings. The quantitative estimate of drug-likeness (QED) is 0.710. The van der Waals surface area contributed by atoms with Crippen LogP contribution in [0.3, 0.4) is 0 Å². The third kappa shape index (κ3) is 3.77. The van der Waals surface area contributed by atoms with E-state index in [0.717, 1.165) is 31.1 Å². The minimum absolute atomic E-state index is 0.0694. The van der Waals surface area contributed by atoms with E-state index in [1.807, 2.05) is 12.1 Å². The van der Waals surface area contributed by atoms with Crippen LogP contribution in [-0.4, -0.2) is 24.5 Å². The molecule has 0 saturated carbocycles. The number of likely N-dealkylation sites (tertiary alicyclic amines) is 1. The lowest BCUT2D eigenvalue weighted by Crippen LogP contribution is -2.36. The largest absolute Gasteiger partial charge is 0.301 e. The van der Waals surface area contributed by atoms with E-state index in [-0.39, 0.29) is 5.38 Å². The molecule has 100 valence electrons. The Balaban J connectivity index is 2.00. The van der Waals surface area contributed by atoms with Gasteiger partial charge in [0.05, 0.1) is 5.38 Å². The Morgan fingerprint density at radius 1 is 1.39 bits per heavy atom. The molecule has 0 radical (unpaired) electrons. The summed E-state index contributed by atoms with van der Waals surface area (Å²) in [6.07, 6.45) is 2.59. The van der Waals surface area contributed by atoms with Crippen molar-refractivity contribution in [3.05, 3.63) is 33.8 Å². The van der Waals surface area contributed by atoms with E-state index >= 15 is 0 Å². The molecule has 1 heterocycles. The average Bonchev–Trinajstić information content (AvgIpc) is 2.28. The van der Waals surface area contributed by atoms with Crippen molar-refractivity contribution in [2.45, 2.75) is 25.1 Å². The van der Waals surface area contributed by atoms with E-state index in [0.29, 0.717) is 10.0 Å². The van der Waals surface area contributed by atoms with E-state index in [4.69, 9.17) is 34.8 Å². The zero-order chi connectivity index (χ0) is 13.1. The van der Waals surface area contributed by atoms with E-state index in [2.05, 4.69) is 11.8 Å². The number of hydrogen-bond acceptors (Lipinski definition) is 1. The van der Waals surface area contributed by atoms with Gasteiger partial charge in [-0.2, -0.15) is 0 Å². The van der Waals surface area contributed by atoms with E-state index in [9.17, 15) is 0 Å². The summed E-state index contributed by atoms with van der Waals surface area (Å²) in [6, 6.07) is 5.53. The topological polar surface area (TPSA) is 3.24 Å². The number of benzene rings is 1. The third-order valence-corrected chi connectivity index (χ3v) is 4.40. The number of hydrogen-bond donors (Lipinski definition) is 0. The molecule has 18 heavy (non-hydrogen) atoms. The first-order chi connectivity index (χ1) is 8.56. The minimum atomic E-state index is -0.0694. The summed E-state index contributed by atoms with van der Waals surface area (Å²) in [5.74, 6) is 0.767. The lowest BCUT2D eigenvalue weighted by atomic mass is 10.00. The highest BCUT2D eigenvalue weighted by atomic mass is 35.5. The van der Waals surface area contributed by atoms with Gasteiger partial charge >= 0.3 is 0 Å². The first-order valence-electron chi connectivity index (χ1n) is 6.37. The van der Waals surface area contributed by atoms with Gasteiger partial charge in [-0.15, -0.1) is 11.6 Å². The highest BCUT2D eigenvalue weighted by molar-refractivity contribution is 6.35. The van der Waals surface area contributed by atoms with Gasteiger partial charge < -0.3 is 4.90 Å². The van der Waals surface area contributed by atoms with Gasteiger partial charge in [-0.25, -0.2) is 0 Å².